The molecule has 0 aromatic heterocycles. The Hall–Kier alpha value is 0.620. The van der Waals surface area contributed by atoms with E-state index < -0.39 is 9.25 Å². The number of ether oxygens (including phenoxy) is 1. The van der Waals surface area contributed by atoms with Gasteiger partial charge in [0.1, 0.15) is 0 Å². The zero-order chi connectivity index (χ0) is 9.03. The van der Waals surface area contributed by atoms with Crippen LogP contribution >= 0.6 is 20.9 Å². The van der Waals surface area contributed by atoms with Crippen LogP contribution in [0.15, 0.2) is 0 Å². The average molecular weight is 209 g/mol. The van der Waals surface area contributed by atoms with Crippen LogP contribution < -0.4 is 4.72 Å². The SMILES string of the molecule is CS(C)(S)NCC1CCOCC1. The zero-order valence-electron chi connectivity index (χ0n) is 7.88. The summed E-state index contributed by atoms with van der Waals surface area (Å²) in [6, 6.07) is 0. The highest BCUT2D eigenvalue weighted by atomic mass is 33.1. The predicted molar refractivity (Wildman–Crippen MR) is 60.0 cm³/mol. The molecule has 0 aromatic rings. The summed E-state index contributed by atoms with van der Waals surface area (Å²) < 4.78 is 8.78. The van der Waals surface area contributed by atoms with E-state index in [1.54, 1.807) is 0 Å². The van der Waals surface area contributed by atoms with E-state index >= 15 is 0 Å². The fraction of sp³-hybridized carbons (Fsp3) is 1.00. The quantitative estimate of drug-likeness (QED) is 0.546. The summed E-state index contributed by atoms with van der Waals surface area (Å²) in [5, 5.41) is 0. The van der Waals surface area contributed by atoms with Crippen LogP contribution in [-0.4, -0.2) is 32.3 Å². The van der Waals surface area contributed by atoms with E-state index in [1.165, 1.54) is 12.8 Å². The molecule has 0 unspecified atom stereocenters. The van der Waals surface area contributed by atoms with Crippen molar-refractivity contribution in [3.05, 3.63) is 0 Å². The van der Waals surface area contributed by atoms with E-state index in [0.717, 1.165) is 25.7 Å². The summed E-state index contributed by atoms with van der Waals surface area (Å²) in [7, 11) is -0.820. The number of nitrogens with one attached hydrogen (secondary N) is 1. The molecule has 0 saturated carbocycles. The predicted octanol–water partition coefficient (Wildman–Crippen LogP) is 1.83. The van der Waals surface area contributed by atoms with Gasteiger partial charge < -0.3 is 4.74 Å². The molecule has 0 amide bonds. The van der Waals surface area contributed by atoms with Crippen LogP contribution in [0.4, 0.5) is 0 Å². The fourth-order valence-corrected chi connectivity index (χ4v) is 2.14. The lowest BCUT2D eigenvalue weighted by Gasteiger charge is -2.30. The molecule has 0 atom stereocenters. The second kappa shape index (κ2) is 4.74. The highest BCUT2D eigenvalue weighted by Gasteiger charge is 2.15. The van der Waals surface area contributed by atoms with Crippen LogP contribution in [0, 0.1) is 5.92 Å². The van der Waals surface area contributed by atoms with E-state index in [4.69, 9.17) is 4.74 Å². The number of rotatable bonds is 3. The van der Waals surface area contributed by atoms with E-state index in [-0.39, 0.29) is 0 Å². The molecular weight excluding hydrogens is 190 g/mol. The molecule has 0 radical (unpaired) electrons. The Morgan fingerprint density at radius 3 is 2.50 bits per heavy atom. The van der Waals surface area contributed by atoms with Crippen molar-refractivity contribution < 1.29 is 4.74 Å². The molecule has 2 nitrogen and oxygen atoms in total. The molecular formula is C8H19NOS2. The van der Waals surface area contributed by atoms with E-state index in [1.807, 2.05) is 0 Å². The first-order valence-corrected chi connectivity index (χ1v) is 7.86. The van der Waals surface area contributed by atoms with Crippen LogP contribution in [0.5, 0.6) is 0 Å². The van der Waals surface area contributed by atoms with Crippen LogP contribution in [-0.2, 0) is 4.74 Å². The minimum atomic E-state index is -0.820. The molecule has 0 spiro atoms. The van der Waals surface area contributed by atoms with Gasteiger partial charge in [-0.2, -0.15) is 0 Å². The second-order valence-electron chi connectivity index (χ2n) is 3.68. The Morgan fingerprint density at radius 1 is 1.42 bits per heavy atom. The Balaban J connectivity index is 2.13. The largest absolute Gasteiger partial charge is 0.381 e. The van der Waals surface area contributed by atoms with Gasteiger partial charge in [-0.3, -0.25) is 4.72 Å². The van der Waals surface area contributed by atoms with Crippen molar-refractivity contribution in [2.75, 3.05) is 32.3 Å². The third-order valence-corrected chi connectivity index (χ3v) is 3.33. The third kappa shape index (κ3) is 4.60. The normalized spacial score (nSPS) is 22.6. The van der Waals surface area contributed by atoms with Gasteiger partial charge in [0.25, 0.3) is 0 Å². The summed E-state index contributed by atoms with van der Waals surface area (Å²) >= 11 is 4.50. The standard InChI is InChI=1S/C8H19NOS2/c1-12(2,11)9-7-8-3-5-10-6-4-8/h8-9,11H,3-7H2,1-2H3. The van der Waals surface area contributed by atoms with E-state index in [0.29, 0.717) is 0 Å². The molecule has 0 aromatic carbocycles. The van der Waals surface area contributed by atoms with Gasteiger partial charge in [0.15, 0.2) is 0 Å². The summed E-state index contributed by atoms with van der Waals surface area (Å²) in [5.41, 5.74) is 0. The van der Waals surface area contributed by atoms with Crippen molar-refractivity contribution in [3.8, 4) is 0 Å². The Kier molecular flexibility index (Phi) is 4.23. The zero-order valence-corrected chi connectivity index (χ0v) is 9.59. The maximum Gasteiger partial charge on any atom is 0.0469 e. The molecule has 1 rings (SSSR count). The molecule has 4 heteroatoms. The summed E-state index contributed by atoms with van der Waals surface area (Å²) in [6.07, 6.45) is 6.73. The molecule has 1 aliphatic rings. The van der Waals surface area contributed by atoms with Crippen molar-refractivity contribution in [1.82, 2.24) is 4.72 Å². The van der Waals surface area contributed by atoms with Crippen LogP contribution in [0.3, 0.4) is 0 Å². The summed E-state index contributed by atoms with van der Waals surface area (Å²) in [5.74, 6) is 0.803. The lowest BCUT2D eigenvalue weighted by Crippen LogP contribution is -2.27. The monoisotopic (exact) mass is 209 g/mol. The molecule has 1 saturated heterocycles. The smallest absolute Gasteiger partial charge is 0.0469 e. The molecule has 1 heterocycles. The van der Waals surface area contributed by atoms with Crippen molar-refractivity contribution in [3.63, 3.8) is 0 Å². The van der Waals surface area contributed by atoms with Gasteiger partial charge in [0, 0.05) is 19.8 Å². The molecule has 0 aliphatic carbocycles. The maximum atomic E-state index is 5.29. The molecule has 0 bridgehead atoms. The lowest BCUT2D eigenvalue weighted by atomic mass is 10.0. The molecule has 1 fully saturated rings. The Morgan fingerprint density at radius 2 is 2.00 bits per heavy atom. The van der Waals surface area contributed by atoms with E-state index in [2.05, 4.69) is 28.9 Å². The fourth-order valence-electron chi connectivity index (χ4n) is 1.27. The first kappa shape index (κ1) is 10.7. The minimum absolute atomic E-state index is 0.803. The van der Waals surface area contributed by atoms with Gasteiger partial charge in [-0.05, 0) is 31.3 Å². The highest BCUT2D eigenvalue weighted by Crippen LogP contribution is 2.39. The Bertz CT molecular complexity index is 130. The lowest BCUT2D eigenvalue weighted by molar-refractivity contribution is 0.0679. The molecule has 74 valence electrons. The number of thiol groups is 1. The average Bonchev–Trinajstić information content (AvgIpc) is 2.02. The third-order valence-electron chi connectivity index (χ3n) is 2.07. The summed E-state index contributed by atoms with van der Waals surface area (Å²) in [4.78, 5) is 0. The number of hydrogen-bond donors (Lipinski definition) is 2. The van der Waals surface area contributed by atoms with Crippen molar-refractivity contribution in [2.24, 2.45) is 5.92 Å². The van der Waals surface area contributed by atoms with Crippen molar-refractivity contribution >= 4 is 20.9 Å². The summed E-state index contributed by atoms with van der Waals surface area (Å²) in [6.45, 7) is 2.98. The van der Waals surface area contributed by atoms with Gasteiger partial charge in [-0.1, -0.05) is 0 Å². The minimum Gasteiger partial charge on any atom is -0.381 e. The van der Waals surface area contributed by atoms with Crippen LogP contribution in [0.1, 0.15) is 12.8 Å². The van der Waals surface area contributed by atoms with Gasteiger partial charge in [-0.15, -0.1) is 20.9 Å². The van der Waals surface area contributed by atoms with Gasteiger partial charge in [0.05, 0.1) is 0 Å². The Labute approximate surface area is 81.7 Å². The van der Waals surface area contributed by atoms with Crippen molar-refractivity contribution in [1.29, 1.82) is 0 Å². The van der Waals surface area contributed by atoms with Gasteiger partial charge >= 0.3 is 0 Å². The topological polar surface area (TPSA) is 21.3 Å². The maximum absolute atomic E-state index is 5.29. The van der Waals surface area contributed by atoms with Crippen LogP contribution in [0.25, 0.3) is 0 Å². The van der Waals surface area contributed by atoms with E-state index in [9.17, 15) is 0 Å². The highest BCUT2D eigenvalue weighted by molar-refractivity contribution is 8.86. The molecule has 12 heavy (non-hydrogen) atoms. The van der Waals surface area contributed by atoms with Crippen molar-refractivity contribution in [2.45, 2.75) is 12.8 Å². The molecule has 1 aliphatic heterocycles. The van der Waals surface area contributed by atoms with Crippen LogP contribution in [0.2, 0.25) is 0 Å². The molecule has 1 N–H and O–H groups in total. The first-order valence-electron chi connectivity index (χ1n) is 4.36. The first-order chi connectivity index (χ1) is 5.58. The number of hydrogen-bond acceptors (Lipinski definition) is 3. The second-order valence-corrected chi connectivity index (χ2v) is 9.25. The van der Waals surface area contributed by atoms with Gasteiger partial charge in [-0.25, -0.2) is 0 Å². The van der Waals surface area contributed by atoms with Gasteiger partial charge in [0.2, 0.25) is 0 Å².